The van der Waals surface area contributed by atoms with Crippen LogP contribution < -0.4 is 5.32 Å². The molecule has 1 aromatic rings. The third-order valence-electron chi connectivity index (χ3n) is 5.04. The lowest BCUT2D eigenvalue weighted by atomic mass is 10.2. The normalized spacial score (nSPS) is 22.2. The van der Waals surface area contributed by atoms with Crippen molar-refractivity contribution in [3.05, 3.63) is 16.5 Å². The van der Waals surface area contributed by atoms with Gasteiger partial charge in [-0.15, -0.1) is 11.3 Å². The maximum atomic E-state index is 12.6. The minimum absolute atomic E-state index is 0.0493. The predicted octanol–water partition coefficient (Wildman–Crippen LogP) is 2.16. The fraction of sp³-hybridized carbons (Fsp3) is 0.688. The molecule has 6 nitrogen and oxygen atoms in total. The highest BCUT2D eigenvalue weighted by atomic mass is 35.5. The zero-order chi connectivity index (χ0) is 18.0. The molecule has 1 saturated heterocycles. The van der Waals surface area contributed by atoms with Crippen LogP contribution in [0.5, 0.6) is 0 Å². The second-order valence-electron chi connectivity index (χ2n) is 6.66. The summed E-state index contributed by atoms with van der Waals surface area (Å²) in [6.07, 6.45) is 4.49. The number of thiophene rings is 1. The molecule has 1 saturated carbocycles. The second kappa shape index (κ2) is 7.92. The Morgan fingerprint density at radius 2 is 1.88 bits per heavy atom. The highest BCUT2D eigenvalue weighted by molar-refractivity contribution is 7.91. The molecule has 1 atom stereocenters. The molecule has 0 bridgehead atoms. The molecule has 2 aliphatic rings. The van der Waals surface area contributed by atoms with E-state index < -0.39 is 10.0 Å². The second-order valence-corrected chi connectivity index (χ2v) is 10.5. The molecule has 0 radical (unpaired) electrons. The van der Waals surface area contributed by atoms with Crippen LogP contribution in [0.25, 0.3) is 0 Å². The molecule has 2 heterocycles. The molecule has 1 aromatic heterocycles. The zero-order valence-corrected chi connectivity index (χ0v) is 16.7. The van der Waals surface area contributed by atoms with Gasteiger partial charge in [0.05, 0.1) is 10.4 Å². The number of nitrogens with one attached hydrogen (secondary N) is 1. The average Bonchev–Trinajstić information content (AvgIpc) is 3.26. The summed E-state index contributed by atoms with van der Waals surface area (Å²) in [5.74, 6) is 0.0493. The van der Waals surface area contributed by atoms with Crippen molar-refractivity contribution in [2.45, 2.75) is 48.9 Å². The minimum atomic E-state index is -3.49. The van der Waals surface area contributed by atoms with Gasteiger partial charge in [0.1, 0.15) is 4.21 Å². The molecule has 140 valence electrons. The van der Waals surface area contributed by atoms with Crippen LogP contribution in [0.3, 0.4) is 0 Å². The Balaban J connectivity index is 1.55. The van der Waals surface area contributed by atoms with E-state index in [1.807, 2.05) is 6.92 Å². The van der Waals surface area contributed by atoms with Crippen LogP contribution in [0.1, 0.15) is 32.6 Å². The third-order valence-corrected chi connectivity index (χ3v) is 8.64. The van der Waals surface area contributed by atoms with Gasteiger partial charge >= 0.3 is 0 Å². The number of hydrogen-bond donors (Lipinski definition) is 1. The highest BCUT2D eigenvalue weighted by Gasteiger charge is 2.33. The van der Waals surface area contributed by atoms with Crippen molar-refractivity contribution < 1.29 is 13.2 Å². The molecule has 1 aliphatic carbocycles. The minimum Gasteiger partial charge on any atom is -0.352 e. The maximum Gasteiger partial charge on any atom is 0.252 e. The number of piperazine rings is 1. The number of hydrogen-bond acceptors (Lipinski definition) is 5. The molecule has 1 N–H and O–H groups in total. The van der Waals surface area contributed by atoms with Crippen LogP contribution in [0, 0.1) is 0 Å². The van der Waals surface area contributed by atoms with Crippen LogP contribution >= 0.6 is 22.9 Å². The molecule has 9 heteroatoms. The van der Waals surface area contributed by atoms with E-state index in [0.717, 1.165) is 24.2 Å². The van der Waals surface area contributed by atoms with Gasteiger partial charge in [-0.05, 0) is 31.9 Å². The van der Waals surface area contributed by atoms with Crippen molar-refractivity contribution >= 4 is 38.9 Å². The van der Waals surface area contributed by atoms with Gasteiger partial charge in [0.25, 0.3) is 10.0 Å². The third kappa shape index (κ3) is 4.36. The molecule has 1 amide bonds. The Hall–Kier alpha value is -0.670. The van der Waals surface area contributed by atoms with Crippen LogP contribution in [0.4, 0.5) is 0 Å². The van der Waals surface area contributed by atoms with Crippen LogP contribution in [-0.4, -0.2) is 61.8 Å². The van der Waals surface area contributed by atoms with Gasteiger partial charge in [-0.25, -0.2) is 8.42 Å². The quantitative estimate of drug-likeness (QED) is 0.814. The molecule has 1 aliphatic heterocycles. The summed E-state index contributed by atoms with van der Waals surface area (Å²) >= 11 is 6.93. The van der Waals surface area contributed by atoms with Gasteiger partial charge in [0.15, 0.2) is 0 Å². The van der Waals surface area contributed by atoms with E-state index in [1.54, 1.807) is 12.1 Å². The molecule has 3 rings (SSSR count). The lowest BCUT2D eigenvalue weighted by Gasteiger charge is -2.36. The smallest absolute Gasteiger partial charge is 0.252 e. The molecule has 0 unspecified atom stereocenters. The fourth-order valence-corrected chi connectivity index (χ4v) is 6.51. The first-order chi connectivity index (χ1) is 11.9. The van der Waals surface area contributed by atoms with E-state index in [4.69, 9.17) is 11.6 Å². The van der Waals surface area contributed by atoms with Gasteiger partial charge < -0.3 is 5.32 Å². The lowest BCUT2D eigenvalue weighted by Crippen LogP contribution is -2.55. The summed E-state index contributed by atoms with van der Waals surface area (Å²) in [5, 5.41) is 3.12. The molecule has 0 aromatic carbocycles. The monoisotopic (exact) mass is 405 g/mol. The highest BCUT2D eigenvalue weighted by Crippen LogP contribution is 2.28. The number of sulfonamides is 1. The Morgan fingerprint density at radius 1 is 1.24 bits per heavy atom. The van der Waals surface area contributed by atoms with Gasteiger partial charge in [-0.2, -0.15) is 4.31 Å². The first-order valence-electron chi connectivity index (χ1n) is 8.68. The van der Waals surface area contributed by atoms with Gasteiger partial charge in [-0.3, -0.25) is 9.69 Å². The Kier molecular flexibility index (Phi) is 6.05. The number of amides is 1. The summed E-state index contributed by atoms with van der Waals surface area (Å²) < 4.78 is 27.5. The summed E-state index contributed by atoms with van der Waals surface area (Å²) in [6.45, 7) is 3.78. The van der Waals surface area contributed by atoms with Crippen molar-refractivity contribution in [3.63, 3.8) is 0 Å². The van der Waals surface area contributed by atoms with E-state index in [0.29, 0.717) is 36.6 Å². The first kappa shape index (κ1) is 19.1. The molecular weight excluding hydrogens is 382 g/mol. The average molecular weight is 406 g/mol. The van der Waals surface area contributed by atoms with Crippen LogP contribution in [0.15, 0.2) is 16.3 Å². The summed E-state index contributed by atoms with van der Waals surface area (Å²) in [4.78, 5) is 14.5. The number of carbonyl (C=O) groups is 1. The number of rotatable bonds is 5. The molecular formula is C16H24ClN3O3S2. The van der Waals surface area contributed by atoms with E-state index in [2.05, 4.69) is 10.2 Å². The standard InChI is InChI=1S/C16H24ClN3O3S2/c1-12(16(21)18-13-4-2-3-5-13)19-8-10-20(11-9-19)25(22,23)15-7-6-14(17)24-15/h6-7,12-13H,2-5,8-11H2,1H3,(H,18,21)/t12-/m1/s1. The number of carbonyl (C=O) groups excluding carboxylic acids is 1. The van der Waals surface area contributed by atoms with E-state index in [1.165, 1.54) is 17.1 Å². The van der Waals surface area contributed by atoms with Crippen molar-refractivity contribution in [1.29, 1.82) is 0 Å². The van der Waals surface area contributed by atoms with Crippen molar-refractivity contribution in [2.75, 3.05) is 26.2 Å². The van der Waals surface area contributed by atoms with Crippen LogP contribution in [0.2, 0.25) is 4.34 Å². The van der Waals surface area contributed by atoms with Crippen molar-refractivity contribution in [3.8, 4) is 0 Å². The molecule has 2 fully saturated rings. The van der Waals surface area contributed by atoms with E-state index in [9.17, 15) is 13.2 Å². The van der Waals surface area contributed by atoms with Crippen LogP contribution in [-0.2, 0) is 14.8 Å². The summed E-state index contributed by atoms with van der Waals surface area (Å²) in [7, 11) is -3.49. The first-order valence-corrected chi connectivity index (χ1v) is 11.3. The summed E-state index contributed by atoms with van der Waals surface area (Å²) in [6, 6.07) is 3.22. The molecule has 25 heavy (non-hydrogen) atoms. The molecule has 0 spiro atoms. The maximum absolute atomic E-state index is 12.6. The summed E-state index contributed by atoms with van der Waals surface area (Å²) in [5.41, 5.74) is 0. The fourth-order valence-electron chi connectivity index (χ4n) is 3.45. The predicted molar refractivity (Wildman–Crippen MR) is 99.5 cm³/mol. The van der Waals surface area contributed by atoms with Gasteiger partial charge in [0.2, 0.25) is 5.91 Å². The Bertz CT molecular complexity index is 708. The van der Waals surface area contributed by atoms with Crippen molar-refractivity contribution in [1.82, 2.24) is 14.5 Å². The Labute approximate surface area is 158 Å². The topological polar surface area (TPSA) is 69.7 Å². The lowest BCUT2D eigenvalue weighted by molar-refractivity contribution is -0.127. The van der Waals surface area contributed by atoms with Crippen molar-refractivity contribution in [2.24, 2.45) is 0 Å². The van der Waals surface area contributed by atoms with Gasteiger partial charge in [-0.1, -0.05) is 24.4 Å². The Morgan fingerprint density at radius 3 is 2.44 bits per heavy atom. The number of nitrogens with zero attached hydrogens (tertiary/aromatic N) is 2. The zero-order valence-electron chi connectivity index (χ0n) is 14.3. The largest absolute Gasteiger partial charge is 0.352 e. The van der Waals surface area contributed by atoms with E-state index >= 15 is 0 Å². The number of halogens is 1. The van der Waals surface area contributed by atoms with Gasteiger partial charge in [0, 0.05) is 32.2 Å². The van der Waals surface area contributed by atoms with E-state index in [-0.39, 0.29) is 16.2 Å². The SMILES string of the molecule is C[C@H](C(=O)NC1CCCC1)N1CCN(S(=O)(=O)c2ccc(Cl)s2)CC1.